The van der Waals surface area contributed by atoms with Crippen LogP contribution in [0.5, 0.6) is 5.75 Å². The molecule has 0 bridgehead atoms. The number of hydrogen-bond donors (Lipinski definition) is 2. The maximum atomic E-state index is 14.1. The van der Waals surface area contributed by atoms with Crippen LogP contribution >= 0.6 is 0 Å². The van der Waals surface area contributed by atoms with Crippen LogP contribution < -0.4 is 10.1 Å². The molecule has 0 amide bonds. The highest BCUT2D eigenvalue weighted by Gasteiger charge is 2.22. The van der Waals surface area contributed by atoms with Crippen LogP contribution in [0.3, 0.4) is 0 Å². The van der Waals surface area contributed by atoms with Gasteiger partial charge in [0.05, 0.1) is 13.2 Å². The second-order valence-electron chi connectivity index (χ2n) is 5.58. The summed E-state index contributed by atoms with van der Waals surface area (Å²) in [5.74, 6) is 0.334. The fraction of sp³-hybridized carbons (Fsp3) is 0.625. The number of methoxy groups -OCH3 is 1. The number of likely N-dealkylation sites (tertiary alicyclic amines) is 1. The van der Waals surface area contributed by atoms with Gasteiger partial charge in [0.1, 0.15) is 11.6 Å². The standard InChI is InChI=1S/C16H25FN2O2/c1-18-14(8-10-19-9-4-5-12(20)11-19)16-13(17)6-3-7-15(16)21-2/h3,6-7,12,14,18,20H,4-5,8-11H2,1-2H3. The maximum Gasteiger partial charge on any atom is 0.131 e. The molecule has 1 saturated heterocycles. The van der Waals surface area contributed by atoms with Crippen molar-refractivity contribution in [3.8, 4) is 5.75 Å². The highest BCUT2D eigenvalue weighted by Crippen LogP contribution is 2.30. The molecular weight excluding hydrogens is 271 g/mol. The first kappa shape index (κ1) is 16.2. The molecule has 2 N–H and O–H groups in total. The fourth-order valence-electron chi connectivity index (χ4n) is 3.01. The summed E-state index contributed by atoms with van der Waals surface area (Å²) in [6.07, 6.45) is 2.46. The molecule has 2 rings (SSSR count). The summed E-state index contributed by atoms with van der Waals surface area (Å²) < 4.78 is 19.4. The van der Waals surface area contributed by atoms with Gasteiger partial charge in [-0.3, -0.25) is 0 Å². The van der Waals surface area contributed by atoms with E-state index in [1.807, 2.05) is 7.05 Å². The van der Waals surface area contributed by atoms with Crippen molar-refractivity contribution in [1.29, 1.82) is 0 Å². The van der Waals surface area contributed by atoms with Crippen LogP contribution in [0.4, 0.5) is 4.39 Å². The van der Waals surface area contributed by atoms with Gasteiger partial charge in [-0.25, -0.2) is 4.39 Å². The van der Waals surface area contributed by atoms with Crippen LogP contribution in [0.1, 0.15) is 30.9 Å². The lowest BCUT2D eigenvalue weighted by molar-refractivity contribution is 0.0685. The Kier molecular flexibility index (Phi) is 5.96. The Morgan fingerprint density at radius 1 is 1.52 bits per heavy atom. The number of β-amino-alcohol motifs (C(OH)–C–C–N with tert-alkyl or cyclic N) is 1. The van der Waals surface area contributed by atoms with E-state index in [1.165, 1.54) is 6.07 Å². The quantitative estimate of drug-likeness (QED) is 0.842. The number of aliphatic hydroxyl groups is 1. The molecule has 1 heterocycles. The van der Waals surface area contributed by atoms with Crippen molar-refractivity contribution in [3.63, 3.8) is 0 Å². The lowest BCUT2D eigenvalue weighted by Gasteiger charge is -2.31. The van der Waals surface area contributed by atoms with Crippen LogP contribution in [0.25, 0.3) is 0 Å². The van der Waals surface area contributed by atoms with Crippen molar-refractivity contribution >= 4 is 0 Å². The lowest BCUT2D eigenvalue weighted by Crippen LogP contribution is -2.39. The summed E-state index contributed by atoms with van der Waals surface area (Å²) in [6.45, 7) is 2.55. The predicted octanol–water partition coefficient (Wildman–Crippen LogP) is 1.94. The van der Waals surface area contributed by atoms with E-state index in [2.05, 4.69) is 10.2 Å². The van der Waals surface area contributed by atoms with Gasteiger partial charge in [0.2, 0.25) is 0 Å². The summed E-state index contributed by atoms with van der Waals surface area (Å²) in [6, 6.07) is 4.81. The van der Waals surface area contributed by atoms with E-state index >= 15 is 0 Å². The number of nitrogens with zero attached hydrogens (tertiary/aromatic N) is 1. The van der Waals surface area contributed by atoms with Crippen molar-refractivity contribution in [3.05, 3.63) is 29.6 Å². The van der Waals surface area contributed by atoms with E-state index in [-0.39, 0.29) is 18.0 Å². The third kappa shape index (κ3) is 4.15. The lowest BCUT2D eigenvalue weighted by atomic mass is 10.0. The molecule has 21 heavy (non-hydrogen) atoms. The molecule has 118 valence electrons. The van der Waals surface area contributed by atoms with Gasteiger partial charge in [-0.15, -0.1) is 0 Å². The topological polar surface area (TPSA) is 44.7 Å². The molecule has 1 aromatic carbocycles. The number of benzene rings is 1. The molecule has 0 aliphatic carbocycles. The van der Waals surface area contributed by atoms with Crippen LogP contribution in [-0.2, 0) is 0 Å². The molecule has 5 heteroatoms. The summed E-state index contributed by atoms with van der Waals surface area (Å²) in [5.41, 5.74) is 0.583. The summed E-state index contributed by atoms with van der Waals surface area (Å²) in [7, 11) is 3.40. The first-order valence-corrected chi connectivity index (χ1v) is 7.55. The molecule has 2 unspecified atom stereocenters. The van der Waals surface area contributed by atoms with Crippen molar-refractivity contribution in [1.82, 2.24) is 10.2 Å². The number of rotatable bonds is 6. The zero-order valence-corrected chi connectivity index (χ0v) is 12.8. The molecular formula is C16H25FN2O2. The van der Waals surface area contributed by atoms with Gasteiger partial charge in [-0.1, -0.05) is 6.07 Å². The average molecular weight is 296 g/mol. The van der Waals surface area contributed by atoms with E-state index in [1.54, 1.807) is 19.2 Å². The Hall–Kier alpha value is -1.17. The van der Waals surface area contributed by atoms with Gasteiger partial charge in [0, 0.05) is 24.7 Å². The monoisotopic (exact) mass is 296 g/mol. The van der Waals surface area contributed by atoms with E-state index < -0.39 is 0 Å². The minimum atomic E-state index is -0.243. The fourth-order valence-corrected chi connectivity index (χ4v) is 3.01. The second-order valence-corrected chi connectivity index (χ2v) is 5.58. The predicted molar refractivity (Wildman–Crippen MR) is 81.1 cm³/mol. The smallest absolute Gasteiger partial charge is 0.131 e. The first-order valence-electron chi connectivity index (χ1n) is 7.55. The largest absolute Gasteiger partial charge is 0.496 e. The molecule has 4 nitrogen and oxygen atoms in total. The molecule has 0 aromatic heterocycles. The van der Waals surface area contributed by atoms with E-state index in [4.69, 9.17) is 4.74 Å². The minimum absolute atomic E-state index is 0.0970. The zero-order valence-electron chi connectivity index (χ0n) is 12.8. The summed E-state index contributed by atoms with van der Waals surface area (Å²) in [5, 5.41) is 12.9. The normalized spacial score (nSPS) is 21.2. The number of halogens is 1. The van der Waals surface area contributed by atoms with Crippen LogP contribution in [0, 0.1) is 5.82 Å². The molecule has 1 aromatic rings. The van der Waals surface area contributed by atoms with Gasteiger partial charge in [-0.05, 0) is 45.0 Å². The highest BCUT2D eigenvalue weighted by molar-refractivity contribution is 5.37. The third-order valence-electron chi connectivity index (χ3n) is 4.14. The maximum absolute atomic E-state index is 14.1. The SMILES string of the molecule is CNC(CCN1CCCC(O)C1)c1c(F)cccc1OC. The highest BCUT2D eigenvalue weighted by atomic mass is 19.1. The molecule has 2 atom stereocenters. The molecule has 1 aliphatic rings. The zero-order chi connectivity index (χ0) is 15.2. The van der Waals surface area contributed by atoms with Gasteiger partial charge >= 0.3 is 0 Å². The molecule has 1 aliphatic heterocycles. The number of aliphatic hydroxyl groups excluding tert-OH is 1. The van der Waals surface area contributed by atoms with Crippen molar-refractivity contribution in [2.24, 2.45) is 0 Å². The van der Waals surface area contributed by atoms with Crippen molar-refractivity contribution in [2.45, 2.75) is 31.4 Å². The average Bonchev–Trinajstić information content (AvgIpc) is 2.49. The Balaban J connectivity index is 2.03. The van der Waals surface area contributed by atoms with Gasteiger partial charge < -0.3 is 20.1 Å². The Bertz CT molecular complexity index is 456. The third-order valence-corrected chi connectivity index (χ3v) is 4.14. The Morgan fingerprint density at radius 2 is 2.33 bits per heavy atom. The van der Waals surface area contributed by atoms with Crippen LogP contribution in [0.15, 0.2) is 18.2 Å². The van der Waals surface area contributed by atoms with E-state index in [0.717, 1.165) is 32.4 Å². The van der Waals surface area contributed by atoms with Crippen molar-refractivity contribution in [2.75, 3.05) is 33.8 Å². The van der Waals surface area contributed by atoms with Gasteiger partial charge in [0.25, 0.3) is 0 Å². The van der Waals surface area contributed by atoms with Crippen LogP contribution in [0.2, 0.25) is 0 Å². The van der Waals surface area contributed by atoms with E-state index in [9.17, 15) is 9.50 Å². The van der Waals surface area contributed by atoms with E-state index in [0.29, 0.717) is 17.9 Å². The summed E-state index contributed by atoms with van der Waals surface area (Å²) in [4.78, 5) is 2.24. The van der Waals surface area contributed by atoms with Crippen LogP contribution in [-0.4, -0.2) is 49.9 Å². The number of piperidine rings is 1. The summed E-state index contributed by atoms with van der Waals surface area (Å²) >= 11 is 0. The van der Waals surface area contributed by atoms with Gasteiger partial charge in [-0.2, -0.15) is 0 Å². The number of nitrogens with one attached hydrogen (secondary N) is 1. The molecule has 0 saturated carbocycles. The number of hydrogen-bond acceptors (Lipinski definition) is 4. The first-order chi connectivity index (χ1) is 10.2. The molecule has 0 radical (unpaired) electrons. The second kappa shape index (κ2) is 7.73. The minimum Gasteiger partial charge on any atom is -0.496 e. The Labute approximate surface area is 125 Å². The van der Waals surface area contributed by atoms with Crippen molar-refractivity contribution < 1.29 is 14.2 Å². The van der Waals surface area contributed by atoms with Gasteiger partial charge in [0.15, 0.2) is 0 Å². The molecule has 0 spiro atoms. The molecule has 1 fully saturated rings. The number of ether oxygens (including phenoxy) is 1. The Morgan fingerprint density at radius 3 is 3.00 bits per heavy atom.